The van der Waals surface area contributed by atoms with Gasteiger partial charge in [0, 0.05) is 17.3 Å². The van der Waals surface area contributed by atoms with E-state index in [-0.39, 0.29) is 17.1 Å². The van der Waals surface area contributed by atoms with E-state index in [4.69, 9.17) is 21.7 Å². The summed E-state index contributed by atoms with van der Waals surface area (Å²) in [5.41, 5.74) is 2.51. The van der Waals surface area contributed by atoms with Crippen LogP contribution in [0.4, 0.5) is 5.69 Å². The first kappa shape index (κ1) is 24.7. The van der Waals surface area contributed by atoms with E-state index in [2.05, 4.69) is 38.7 Å². The van der Waals surface area contributed by atoms with Crippen LogP contribution in [0, 0.1) is 0 Å². The summed E-state index contributed by atoms with van der Waals surface area (Å²) in [4.78, 5) is 12.6. The molecule has 3 aromatic rings. The molecule has 0 aromatic heterocycles. The number of aryl methyl sites for hydroxylation is 1. The van der Waals surface area contributed by atoms with Gasteiger partial charge in [0.1, 0.15) is 11.5 Å². The Morgan fingerprint density at radius 3 is 2.55 bits per heavy atom. The zero-order valence-electron chi connectivity index (χ0n) is 18.6. The first-order valence-corrected chi connectivity index (χ1v) is 12.0. The van der Waals surface area contributed by atoms with Crippen molar-refractivity contribution >= 4 is 44.9 Å². The molecule has 0 heterocycles. The fourth-order valence-corrected chi connectivity index (χ4v) is 3.79. The van der Waals surface area contributed by atoms with Crippen LogP contribution < -0.4 is 20.1 Å². The second kappa shape index (κ2) is 12.4. The maximum atomic E-state index is 12.6. The van der Waals surface area contributed by atoms with Gasteiger partial charge in [-0.3, -0.25) is 10.1 Å². The predicted octanol–water partition coefficient (Wildman–Crippen LogP) is 6.37. The Morgan fingerprint density at radius 2 is 1.82 bits per heavy atom. The molecule has 5 nitrogen and oxygen atoms in total. The highest BCUT2D eigenvalue weighted by Gasteiger charge is 2.12. The van der Waals surface area contributed by atoms with Crippen LogP contribution in [0.5, 0.6) is 11.5 Å². The molecule has 0 aliphatic carbocycles. The lowest BCUT2D eigenvalue weighted by atomic mass is 10.1. The number of ether oxygens (including phenoxy) is 2. The Bertz CT molecular complexity index is 1090. The number of halogens is 1. The molecule has 0 spiro atoms. The van der Waals surface area contributed by atoms with Crippen molar-refractivity contribution in [3.8, 4) is 11.5 Å². The second-order valence-corrected chi connectivity index (χ2v) is 8.95. The Balaban J connectivity index is 1.48. The number of nitrogens with one attached hydrogen (secondary N) is 2. The zero-order chi connectivity index (χ0) is 23.6. The molecular weight excluding hydrogens is 500 g/mol. The van der Waals surface area contributed by atoms with Gasteiger partial charge in [0.2, 0.25) is 0 Å². The average molecular weight is 527 g/mol. The van der Waals surface area contributed by atoms with E-state index in [1.165, 1.54) is 5.56 Å². The summed E-state index contributed by atoms with van der Waals surface area (Å²) in [6.07, 6.45) is 1.93. The van der Waals surface area contributed by atoms with Gasteiger partial charge < -0.3 is 14.8 Å². The molecule has 0 bridgehead atoms. The standard InChI is InChI=1S/C26H27BrN2O3S/c1-18(2)32-24-14-13-20(16-23(24)27)25(30)29-26(33)28-21-11-6-12-22(17-21)31-15-7-10-19-8-4-3-5-9-19/h3-6,8-9,11-14,16-18H,7,10,15H2,1-2H3,(H2,28,29,30,33). The molecule has 0 radical (unpaired) electrons. The van der Waals surface area contributed by atoms with E-state index in [9.17, 15) is 4.79 Å². The van der Waals surface area contributed by atoms with Crippen molar-refractivity contribution in [2.75, 3.05) is 11.9 Å². The largest absolute Gasteiger partial charge is 0.494 e. The van der Waals surface area contributed by atoms with Crippen LogP contribution in [0.2, 0.25) is 0 Å². The lowest BCUT2D eigenvalue weighted by Gasteiger charge is -2.13. The van der Waals surface area contributed by atoms with Gasteiger partial charge in [-0.15, -0.1) is 0 Å². The summed E-state index contributed by atoms with van der Waals surface area (Å²) in [6.45, 7) is 4.51. The maximum absolute atomic E-state index is 12.6. The van der Waals surface area contributed by atoms with Gasteiger partial charge in [0.05, 0.1) is 17.2 Å². The van der Waals surface area contributed by atoms with Crippen molar-refractivity contribution in [2.45, 2.75) is 32.8 Å². The fourth-order valence-electron chi connectivity index (χ4n) is 3.10. The Morgan fingerprint density at radius 1 is 1.03 bits per heavy atom. The topological polar surface area (TPSA) is 59.6 Å². The van der Waals surface area contributed by atoms with Crippen LogP contribution in [-0.2, 0) is 6.42 Å². The lowest BCUT2D eigenvalue weighted by Crippen LogP contribution is -2.34. The van der Waals surface area contributed by atoms with Crippen molar-refractivity contribution in [3.05, 3.63) is 88.4 Å². The molecule has 7 heteroatoms. The number of benzene rings is 3. The van der Waals surface area contributed by atoms with Gasteiger partial charge in [-0.2, -0.15) is 0 Å². The normalized spacial score (nSPS) is 10.5. The van der Waals surface area contributed by atoms with Crippen LogP contribution in [0.15, 0.2) is 77.3 Å². The van der Waals surface area contributed by atoms with Gasteiger partial charge in [0.25, 0.3) is 5.91 Å². The van der Waals surface area contributed by atoms with Crippen LogP contribution in [0.25, 0.3) is 0 Å². The van der Waals surface area contributed by atoms with Gasteiger partial charge in [0.15, 0.2) is 5.11 Å². The highest BCUT2D eigenvalue weighted by Crippen LogP contribution is 2.27. The third-order valence-corrected chi connectivity index (χ3v) is 5.42. The molecule has 0 saturated carbocycles. The minimum atomic E-state index is -0.308. The molecule has 1 amide bonds. The quantitative estimate of drug-likeness (QED) is 0.250. The SMILES string of the molecule is CC(C)Oc1ccc(C(=O)NC(=S)Nc2cccc(OCCCc3ccccc3)c2)cc1Br. The Labute approximate surface area is 208 Å². The van der Waals surface area contributed by atoms with Crippen molar-refractivity contribution in [2.24, 2.45) is 0 Å². The smallest absolute Gasteiger partial charge is 0.257 e. The highest BCUT2D eigenvalue weighted by atomic mass is 79.9. The minimum absolute atomic E-state index is 0.0429. The summed E-state index contributed by atoms with van der Waals surface area (Å²) in [6, 6.07) is 23.0. The molecule has 3 aromatic carbocycles. The van der Waals surface area contributed by atoms with E-state index in [0.29, 0.717) is 22.4 Å². The predicted molar refractivity (Wildman–Crippen MR) is 140 cm³/mol. The summed E-state index contributed by atoms with van der Waals surface area (Å²) >= 11 is 8.75. The molecule has 0 saturated heterocycles. The van der Waals surface area contributed by atoms with Crippen molar-refractivity contribution in [1.82, 2.24) is 5.32 Å². The summed E-state index contributed by atoms with van der Waals surface area (Å²) in [5.74, 6) is 1.12. The monoisotopic (exact) mass is 526 g/mol. The molecule has 3 rings (SSSR count). The number of thiocarbonyl (C=S) groups is 1. The minimum Gasteiger partial charge on any atom is -0.494 e. The third-order valence-electron chi connectivity index (χ3n) is 4.60. The molecule has 172 valence electrons. The first-order chi connectivity index (χ1) is 15.9. The fraction of sp³-hybridized carbons (Fsp3) is 0.231. The van der Waals surface area contributed by atoms with Crippen LogP contribution in [0.3, 0.4) is 0 Å². The van der Waals surface area contributed by atoms with Gasteiger partial charge in [-0.25, -0.2) is 0 Å². The number of hydrogen-bond acceptors (Lipinski definition) is 4. The van der Waals surface area contributed by atoms with Gasteiger partial charge >= 0.3 is 0 Å². The number of carbonyl (C=O) groups is 1. The van der Waals surface area contributed by atoms with E-state index in [1.54, 1.807) is 18.2 Å². The molecule has 0 aliphatic rings. The van der Waals surface area contributed by atoms with Crippen LogP contribution in [0.1, 0.15) is 36.2 Å². The highest BCUT2D eigenvalue weighted by molar-refractivity contribution is 9.10. The van der Waals surface area contributed by atoms with E-state index in [0.717, 1.165) is 24.3 Å². The summed E-state index contributed by atoms with van der Waals surface area (Å²) in [5, 5.41) is 5.94. The van der Waals surface area contributed by atoms with Crippen molar-refractivity contribution in [3.63, 3.8) is 0 Å². The molecule has 33 heavy (non-hydrogen) atoms. The number of hydrogen-bond donors (Lipinski definition) is 2. The molecule has 0 atom stereocenters. The number of rotatable bonds is 9. The second-order valence-electron chi connectivity index (χ2n) is 7.69. The molecular formula is C26H27BrN2O3S. The molecule has 0 fully saturated rings. The lowest BCUT2D eigenvalue weighted by molar-refractivity contribution is 0.0977. The van der Waals surface area contributed by atoms with Crippen molar-refractivity contribution in [1.29, 1.82) is 0 Å². The average Bonchev–Trinajstić information content (AvgIpc) is 2.78. The van der Waals surface area contributed by atoms with E-state index >= 15 is 0 Å². The third kappa shape index (κ3) is 8.18. The summed E-state index contributed by atoms with van der Waals surface area (Å²) < 4.78 is 12.3. The maximum Gasteiger partial charge on any atom is 0.257 e. The number of anilines is 1. The molecule has 0 aliphatic heterocycles. The zero-order valence-corrected chi connectivity index (χ0v) is 21.0. The number of amides is 1. The van der Waals surface area contributed by atoms with Gasteiger partial charge in [-0.1, -0.05) is 36.4 Å². The molecule has 2 N–H and O–H groups in total. The van der Waals surface area contributed by atoms with Crippen molar-refractivity contribution < 1.29 is 14.3 Å². The van der Waals surface area contributed by atoms with Crippen LogP contribution in [-0.4, -0.2) is 23.7 Å². The Kier molecular flexibility index (Phi) is 9.27. The van der Waals surface area contributed by atoms with Crippen LogP contribution >= 0.6 is 28.1 Å². The summed E-state index contributed by atoms with van der Waals surface area (Å²) in [7, 11) is 0. The number of carbonyl (C=O) groups excluding carboxylic acids is 1. The van der Waals surface area contributed by atoms with E-state index in [1.807, 2.05) is 56.3 Å². The Hall–Kier alpha value is -2.90. The van der Waals surface area contributed by atoms with Gasteiger partial charge in [-0.05, 0) is 90.7 Å². The van der Waals surface area contributed by atoms with E-state index < -0.39 is 0 Å². The molecule has 0 unspecified atom stereocenters. The first-order valence-electron chi connectivity index (χ1n) is 10.8.